The molecule has 0 amide bonds. The lowest BCUT2D eigenvalue weighted by molar-refractivity contribution is 0.486. The zero-order valence-corrected chi connectivity index (χ0v) is 14.3. The van der Waals surface area contributed by atoms with Crippen molar-refractivity contribution in [1.29, 1.82) is 0 Å². The highest BCUT2D eigenvalue weighted by Crippen LogP contribution is 2.20. The number of pyridine rings is 1. The molecule has 0 aliphatic rings. The molecule has 7 nitrogen and oxygen atoms in total. The topological polar surface area (TPSA) is 96.4 Å². The summed E-state index contributed by atoms with van der Waals surface area (Å²) in [5, 5.41) is 0. The molecular formula is C14H17N3O4S2. The first kappa shape index (κ1) is 17.4. The lowest BCUT2D eigenvalue weighted by atomic mass is 10.4. The van der Waals surface area contributed by atoms with Gasteiger partial charge in [-0.2, -0.15) is 0 Å². The smallest absolute Gasteiger partial charge is 0.263 e. The molecule has 0 unspecified atom stereocenters. The van der Waals surface area contributed by atoms with Crippen molar-refractivity contribution in [2.75, 3.05) is 18.3 Å². The van der Waals surface area contributed by atoms with Gasteiger partial charge in [-0.25, -0.2) is 26.1 Å². The molecule has 0 aliphatic carbocycles. The zero-order chi connectivity index (χ0) is 17.1. The van der Waals surface area contributed by atoms with Crippen LogP contribution in [0.4, 0.5) is 5.82 Å². The van der Waals surface area contributed by atoms with Gasteiger partial charge in [-0.3, -0.25) is 4.72 Å². The van der Waals surface area contributed by atoms with Gasteiger partial charge in [0.1, 0.15) is 5.82 Å². The summed E-state index contributed by atoms with van der Waals surface area (Å²) in [5.41, 5.74) is 0. The maximum absolute atomic E-state index is 12.4. The largest absolute Gasteiger partial charge is 0.263 e. The monoisotopic (exact) mass is 355 g/mol. The van der Waals surface area contributed by atoms with Gasteiger partial charge in [-0.15, -0.1) is 0 Å². The highest BCUT2D eigenvalue weighted by atomic mass is 32.2. The molecule has 0 radical (unpaired) electrons. The Hall–Kier alpha value is -1.97. The minimum Gasteiger partial charge on any atom is -0.263 e. The first-order valence-electron chi connectivity index (χ1n) is 6.77. The zero-order valence-electron chi connectivity index (χ0n) is 12.7. The number of benzene rings is 1. The molecule has 0 bridgehead atoms. The third-order valence-corrected chi connectivity index (χ3v) is 6.45. The Morgan fingerprint density at radius 2 is 1.74 bits per heavy atom. The Kier molecular flexibility index (Phi) is 5.03. The van der Waals surface area contributed by atoms with Crippen LogP contribution < -0.4 is 4.72 Å². The van der Waals surface area contributed by atoms with Crippen LogP contribution in [0.5, 0.6) is 0 Å². The van der Waals surface area contributed by atoms with Crippen LogP contribution in [0.3, 0.4) is 0 Å². The molecule has 0 saturated heterocycles. The van der Waals surface area contributed by atoms with E-state index in [9.17, 15) is 16.8 Å². The van der Waals surface area contributed by atoms with Gasteiger partial charge >= 0.3 is 0 Å². The predicted molar refractivity (Wildman–Crippen MR) is 87.0 cm³/mol. The SMILES string of the molecule is CCN(C)S(=O)(=O)c1cccc(S(=O)(=O)Nc2ccccn2)c1. The van der Waals surface area contributed by atoms with Crippen molar-refractivity contribution in [3.63, 3.8) is 0 Å². The number of hydrogen-bond donors (Lipinski definition) is 1. The quantitative estimate of drug-likeness (QED) is 0.847. The fraction of sp³-hybridized carbons (Fsp3) is 0.214. The Morgan fingerprint density at radius 3 is 2.35 bits per heavy atom. The third kappa shape index (κ3) is 3.87. The van der Waals surface area contributed by atoms with Gasteiger partial charge in [0.25, 0.3) is 10.0 Å². The average Bonchev–Trinajstić information content (AvgIpc) is 2.54. The summed E-state index contributed by atoms with van der Waals surface area (Å²) >= 11 is 0. The molecule has 23 heavy (non-hydrogen) atoms. The molecule has 2 rings (SSSR count). The Bertz CT molecular complexity index is 881. The van der Waals surface area contributed by atoms with Crippen molar-refractivity contribution in [3.05, 3.63) is 48.7 Å². The van der Waals surface area contributed by atoms with Crippen molar-refractivity contribution < 1.29 is 16.8 Å². The van der Waals surface area contributed by atoms with Crippen LogP contribution >= 0.6 is 0 Å². The fourth-order valence-corrected chi connectivity index (χ4v) is 4.13. The lowest BCUT2D eigenvalue weighted by Crippen LogP contribution is -2.26. The average molecular weight is 355 g/mol. The van der Waals surface area contributed by atoms with Crippen LogP contribution in [0.15, 0.2) is 58.5 Å². The second-order valence-electron chi connectivity index (χ2n) is 4.71. The summed E-state index contributed by atoms with van der Waals surface area (Å²) in [6.07, 6.45) is 1.45. The van der Waals surface area contributed by atoms with E-state index in [-0.39, 0.29) is 22.2 Å². The standard InChI is InChI=1S/C14H17N3O4S2/c1-3-17(2)23(20,21)13-8-6-7-12(11-13)22(18,19)16-14-9-4-5-10-15-14/h4-11H,3H2,1-2H3,(H,15,16). The van der Waals surface area contributed by atoms with Crippen LogP contribution in [0, 0.1) is 0 Å². The highest BCUT2D eigenvalue weighted by molar-refractivity contribution is 7.92. The van der Waals surface area contributed by atoms with Gasteiger partial charge in [0, 0.05) is 19.8 Å². The van der Waals surface area contributed by atoms with Crippen LogP contribution in [-0.2, 0) is 20.0 Å². The third-order valence-electron chi connectivity index (χ3n) is 3.17. The first-order chi connectivity index (χ1) is 10.8. The van der Waals surface area contributed by atoms with E-state index in [1.54, 1.807) is 19.1 Å². The fourth-order valence-electron chi connectivity index (χ4n) is 1.77. The van der Waals surface area contributed by atoms with E-state index in [1.165, 1.54) is 37.5 Å². The van der Waals surface area contributed by atoms with Crippen molar-refractivity contribution >= 4 is 25.9 Å². The van der Waals surface area contributed by atoms with E-state index in [2.05, 4.69) is 9.71 Å². The molecule has 0 aliphatic heterocycles. The molecule has 2 aromatic rings. The van der Waals surface area contributed by atoms with E-state index in [0.717, 1.165) is 10.4 Å². The Labute approximate surface area is 136 Å². The van der Waals surface area contributed by atoms with Gasteiger partial charge in [0.2, 0.25) is 10.0 Å². The highest BCUT2D eigenvalue weighted by Gasteiger charge is 2.22. The molecule has 0 spiro atoms. The second-order valence-corrected chi connectivity index (χ2v) is 8.44. The molecule has 1 aromatic carbocycles. The number of nitrogens with zero attached hydrogens (tertiary/aromatic N) is 2. The maximum atomic E-state index is 12.4. The number of hydrogen-bond acceptors (Lipinski definition) is 5. The summed E-state index contributed by atoms with van der Waals surface area (Å²) in [6.45, 7) is 1.98. The van der Waals surface area contributed by atoms with Gasteiger partial charge in [-0.1, -0.05) is 19.1 Å². The van der Waals surface area contributed by atoms with Crippen molar-refractivity contribution in [3.8, 4) is 0 Å². The molecule has 124 valence electrons. The molecule has 1 N–H and O–H groups in total. The van der Waals surface area contributed by atoms with Crippen LogP contribution in [0.25, 0.3) is 0 Å². The van der Waals surface area contributed by atoms with E-state index in [0.29, 0.717) is 0 Å². The maximum Gasteiger partial charge on any atom is 0.263 e. The molecular weight excluding hydrogens is 338 g/mol. The summed E-state index contributed by atoms with van der Waals surface area (Å²) in [4.78, 5) is 3.66. The Balaban J connectivity index is 2.40. The molecule has 1 aromatic heterocycles. The van der Waals surface area contributed by atoms with Crippen molar-refractivity contribution in [2.24, 2.45) is 0 Å². The van der Waals surface area contributed by atoms with Crippen molar-refractivity contribution in [2.45, 2.75) is 16.7 Å². The Morgan fingerprint density at radius 1 is 1.04 bits per heavy atom. The normalized spacial score (nSPS) is 12.3. The van der Waals surface area contributed by atoms with E-state index < -0.39 is 20.0 Å². The molecule has 9 heteroatoms. The first-order valence-corrected chi connectivity index (χ1v) is 9.70. The van der Waals surface area contributed by atoms with E-state index in [4.69, 9.17) is 0 Å². The predicted octanol–water partition coefficient (Wildman–Crippen LogP) is 1.52. The number of rotatable bonds is 6. The number of aromatic nitrogens is 1. The summed E-state index contributed by atoms with van der Waals surface area (Å²) in [5.74, 6) is 0.159. The van der Waals surface area contributed by atoms with Gasteiger partial charge in [0.05, 0.1) is 9.79 Å². The van der Waals surface area contributed by atoms with Gasteiger partial charge < -0.3 is 0 Å². The summed E-state index contributed by atoms with van der Waals surface area (Å²) in [7, 11) is -6.21. The number of sulfonamides is 2. The second kappa shape index (κ2) is 6.65. The number of anilines is 1. The van der Waals surface area contributed by atoms with E-state index >= 15 is 0 Å². The molecule has 0 saturated carbocycles. The van der Waals surface area contributed by atoms with Gasteiger partial charge in [-0.05, 0) is 30.3 Å². The molecule has 1 heterocycles. The minimum absolute atomic E-state index is 0.0780. The van der Waals surface area contributed by atoms with Crippen molar-refractivity contribution in [1.82, 2.24) is 9.29 Å². The molecule has 0 fully saturated rings. The molecule has 0 atom stereocenters. The lowest BCUT2D eigenvalue weighted by Gasteiger charge is -2.15. The minimum atomic E-state index is -3.92. The van der Waals surface area contributed by atoms with Crippen LogP contribution in [0.1, 0.15) is 6.92 Å². The van der Waals surface area contributed by atoms with Crippen LogP contribution in [-0.4, -0.2) is 39.7 Å². The number of nitrogens with one attached hydrogen (secondary N) is 1. The summed E-state index contributed by atoms with van der Waals surface area (Å²) in [6, 6.07) is 10.0. The van der Waals surface area contributed by atoms with Crippen LogP contribution in [0.2, 0.25) is 0 Å². The summed E-state index contributed by atoms with van der Waals surface area (Å²) < 4.78 is 52.8. The van der Waals surface area contributed by atoms with E-state index in [1.807, 2.05) is 0 Å². The van der Waals surface area contributed by atoms with Gasteiger partial charge in [0.15, 0.2) is 0 Å².